The van der Waals surface area contributed by atoms with Crippen molar-refractivity contribution in [3.8, 4) is 25.9 Å². The molecule has 1 aromatic carbocycles. The Morgan fingerprint density at radius 2 is 1.62 bits per heavy atom. The zero-order valence-electron chi connectivity index (χ0n) is 12.2. The van der Waals surface area contributed by atoms with Gasteiger partial charge in [0.15, 0.2) is 5.06 Å². The molecule has 3 aromatic rings. The van der Waals surface area contributed by atoms with E-state index in [2.05, 4.69) is 67.8 Å². The Hall–Kier alpha value is -1.58. The molecule has 0 fully saturated rings. The van der Waals surface area contributed by atoms with Crippen LogP contribution < -0.4 is 4.74 Å². The second-order valence-electron chi connectivity index (χ2n) is 5.38. The lowest BCUT2D eigenvalue weighted by Gasteiger charge is -2.05. The number of rotatable bonds is 5. The van der Waals surface area contributed by atoms with E-state index in [-0.39, 0.29) is 0 Å². The van der Waals surface area contributed by atoms with E-state index in [1.54, 1.807) is 22.7 Å². The SMILES string of the molecule is CC(C)COc1ccc(-c2ccc(-c3cccs3)cc2)s1. The fourth-order valence-electron chi connectivity index (χ4n) is 2.04. The molecule has 0 unspecified atom stereocenters. The van der Waals surface area contributed by atoms with Gasteiger partial charge < -0.3 is 4.74 Å². The molecule has 2 aromatic heterocycles. The van der Waals surface area contributed by atoms with Gasteiger partial charge in [-0.2, -0.15) is 0 Å². The molecule has 2 heterocycles. The van der Waals surface area contributed by atoms with Crippen LogP contribution in [0.5, 0.6) is 5.06 Å². The van der Waals surface area contributed by atoms with E-state index < -0.39 is 0 Å². The second kappa shape index (κ2) is 6.46. The van der Waals surface area contributed by atoms with Crippen LogP contribution in [0.3, 0.4) is 0 Å². The van der Waals surface area contributed by atoms with Gasteiger partial charge in [0.05, 0.1) is 6.61 Å². The molecule has 1 nitrogen and oxygen atoms in total. The van der Waals surface area contributed by atoms with E-state index in [4.69, 9.17) is 4.74 Å². The lowest BCUT2D eigenvalue weighted by molar-refractivity contribution is 0.278. The Balaban J connectivity index is 1.75. The van der Waals surface area contributed by atoms with Crippen LogP contribution in [0.25, 0.3) is 20.9 Å². The molecule has 0 bridgehead atoms. The smallest absolute Gasteiger partial charge is 0.174 e. The van der Waals surface area contributed by atoms with Crippen molar-refractivity contribution < 1.29 is 4.74 Å². The maximum Gasteiger partial charge on any atom is 0.174 e. The standard InChI is InChI=1S/C18H18OS2/c1-13(2)12-19-18-10-9-17(21-18)15-7-5-14(6-8-15)16-4-3-11-20-16/h3-11,13H,12H2,1-2H3. The van der Waals surface area contributed by atoms with Crippen molar-refractivity contribution in [2.45, 2.75) is 13.8 Å². The predicted octanol–water partition coefficient (Wildman–Crippen LogP) is 6.18. The third-order valence-electron chi connectivity index (χ3n) is 3.12. The van der Waals surface area contributed by atoms with Gasteiger partial charge in [-0.3, -0.25) is 0 Å². The van der Waals surface area contributed by atoms with Crippen LogP contribution in [0.2, 0.25) is 0 Å². The Kier molecular flexibility index (Phi) is 4.42. The van der Waals surface area contributed by atoms with Gasteiger partial charge in [0.1, 0.15) is 0 Å². The highest BCUT2D eigenvalue weighted by molar-refractivity contribution is 7.17. The molecular formula is C18H18OS2. The van der Waals surface area contributed by atoms with Gasteiger partial charge in [-0.25, -0.2) is 0 Å². The molecular weight excluding hydrogens is 296 g/mol. The van der Waals surface area contributed by atoms with Crippen molar-refractivity contribution in [1.29, 1.82) is 0 Å². The minimum absolute atomic E-state index is 0.556. The molecule has 0 aliphatic carbocycles. The zero-order chi connectivity index (χ0) is 14.7. The summed E-state index contributed by atoms with van der Waals surface area (Å²) in [6, 6.07) is 17.2. The number of hydrogen-bond donors (Lipinski definition) is 0. The Morgan fingerprint density at radius 1 is 0.905 bits per heavy atom. The summed E-state index contributed by atoms with van der Waals surface area (Å²) < 4.78 is 5.77. The van der Waals surface area contributed by atoms with Gasteiger partial charge in [0.25, 0.3) is 0 Å². The van der Waals surface area contributed by atoms with Gasteiger partial charge in [-0.05, 0) is 40.6 Å². The first-order valence-corrected chi connectivity index (χ1v) is 8.79. The van der Waals surface area contributed by atoms with E-state index in [1.807, 2.05) is 0 Å². The van der Waals surface area contributed by atoms with Gasteiger partial charge in [0.2, 0.25) is 0 Å². The Labute approximate surface area is 133 Å². The molecule has 0 saturated carbocycles. The second-order valence-corrected chi connectivity index (χ2v) is 7.37. The van der Waals surface area contributed by atoms with E-state index in [9.17, 15) is 0 Å². The van der Waals surface area contributed by atoms with Crippen LogP contribution in [-0.4, -0.2) is 6.61 Å². The van der Waals surface area contributed by atoms with Gasteiger partial charge in [0, 0.05) is 9.75 Å². The summed E-state index contributed by atoms with van der Waals surface area (Å²) in [4.78, 5) is 2.57. The fourth-order valence-corrected chi connectivity index (χ4v) is 3.65. The van der Waals surface area contributed by atoms with Crippen molar-refractivity contribution in [1.82, 2.24) is 0 Å². The molecule has 0 aliphatic heterocycles. The number of thiophene rings is 2. The van der Waals surface area contributed by atoms with E-state index in [1.165, 1.54) is 20.9 Å². The molecule has 0 aliphatic rings. The highest BCUT2D eigenvalue weighted by atomic mass is 32.1. The lowest BCUT2D eigenvalue weighted by atomic mass is 10.1. The van der Waals surface area contributed by atoms with Crippen LogP contribution in [0, 0.1) is 5.92 Å². The molecule has 0 radical (unpaired) electrons. The maximum absolute atomic E-state index is 5.77. The van der Waals surface area contributed by atoms with E-state index >= 15 is 0 Å². The highest BCUT2D eigenvalue weighted by Gasteiger charge is 2.05. The van der Waals surface area contributed by atoms with Crippen molar-refractivity contribution in [3.63, 3.8) is 0 Å². The van der Waals surface area contributed by atoms with Crippen molar-refractivity contribution >= 4 is 22.7 Å². The molecule has 0 spiro atoms. The third-order valence-corrected chi connectivity index (χ3v) is 5.08. The van der Waals surface area contributed by atoms with Crippen molar-refractivity contribution in [3.05, 3.63) is 53.9 Å². The average Bonchev–Trinajstić information content (AvgIpc) is 3.17. The monoisotopic (exact) mass is 314 g/mol. The predicted molar refractivity (Wildman–Crippen MR) is 93.4 cm³/mol. The van der Waals surface area contributed by atoms with E-state index in [0.717, 1.165) is 11.7 Å². The first kappa shape index (κ1) is 14.4. The van der Waals surface area contributed by atoms with Crippen LogP contribution >= 0.6 is 22.7 Å². The summed E-state index contributed by atoms with van der Waals surface area (Å²) in [5, 5.41) is 3.11. The number of benzene rings is 1. The maximum atomic E-state index is 5.77. The lowest BCUT2D eigenvalue weighted by Crippen LogP contribution is -2.02. The quantitative estimate of drug-likeness (QED) is 0.546. The molecule has 108 valence electrons. The molecule has 0 saturated heterocycles. The van der Waals surface area contributed by atoms with Crippen LogP contribution in [-0.2, 0) is 0 Å². The summed E-state index contributed by atoms with van der Waals surface area (Å²) >= 11 is 3.49. The summed E-state index contributed by atoms with van der Waals surface area (Å²) in [7, 11) is 0. The molecule has 21 heavy (non-hydrogen) atoms. The van der Waals surface area contributed by atoms with Crippen LogP contribution in [0.15, 0.2) is 53.9 Å². The first-order valence-electron chi connectivity index (χ1n) is 7.09. The van der Waals surface area contributed by atoms with E-state index in [0.29, 0.717) is 5.92 Å². The molecule has 0 N–H and O–H groups in total. The number of ether oxygens (including phenoxy) is 1. The van der Waals surface area contributed by atoms with Gasteiger partial charge in [-0.15, -0.1) is 11.3 Å². The highest BCUT2D eigenvalue weighted by Crippen LogP contribution is 2.34. The fraction of sp³-hybridized carbons (Fsp3) is 0.222. The summed E-state index contributed by atoms with van der Waals surface area (Å²) in [6.07, 6.45) is 0. The molecule has 3 rings (SSSR count). The molecule has 3 heteroatoms. The molecule has 0 atom stereocenters. The average molecular weight is 314 g/mol. The minimum Gasteiger partial charge on any atom is -0.484 e. The first-order chi connectivity index (χ1) is 10.2. The van der Waals surface area contributed by atoms with Gasteiger partial charge >= 0.3 is 0 Å². The number of hydrogen-bond acceptors (Lipinski definition) is 3. The van der Waals surface area contributed by atoms with Crippen molar-refractivity contribution in [2.75, 3.05) is 6.61 Å². The largest absolute Gasteiger partial charge is 0.484 e. The zero-order valence-corrected chi connectivity index (χ0v) is 13.8. The van der Waals surface area contributed by atoms with Crippen LogP contribution in [0.4, 0.5) is 0 Å². The normalized spacial score (nSPS) is 11.0. The Morgan fingerprint density at radius 3 is 2.24 bits per heavy atom. The Bertz CT molecular complexity index is 678. The van der Waals surface area contributed by atoms with Gasteiger partial charge in [-0.1, -0.05) is 55.5 Å². The summed E-state index contributed by atoms with van der Waals surface area (Å²) in [5.74, 6) is 0.556. The third kappa shape index (κ3) is 3.55. The molecule has 0 amide bonds. The van der Waals surface area contributed by atoms with Crippen molar-refractivity contribution in [2.24, 2.45) is 5.92 Å². The topological polar surface area (TPSA) is 9.23 Å². The summed E-state index contributed by atoms with van der Waals surface area (Å²) in [6.45, 7) is 5.10. The minimum atomic E-state index is 0.556. The van der Waals surface area contributed by atoms with Crippen LogP contribution in [0.1, 0.15) is 13.8 Å². The summed E-state index contributed by atoms with van der Waals surface area (Å²) in [5.41, 5.74) is 2.53.